The van der Waals surface area contributed by atoms with E-state index in [0.29, 0.717) is 0 Å². The van der Waals surface area contributed by atoms with Crippen LogP contribution in [0.15, 0.2) is 24.3 Å². The number of hydrogen-bond donors (Lipinski definition) is 1. The number of hydrogen-bond acceptors (Lipinski definition) is 2. The van der Waals surface area contributed by atoms with Gasteiger partial charge in [-0.25, -0.2) is 0 Å². The van der Waals surface area contributed by atoms with E-state index in [1.807, 2.05) is 26.8 Å². The third-order valence-corrected chi connectivity index (χ3v) is 2.27. The van der Waals surface area contributed by atoms with E-state index in [-0.39, 0.29) is 18.2 Å². The molecule has 2 unspecified atom stereocenters. The molecule has 0 amide bonds. The number of benzene rings is 1. The van der Waals surface area contributed by atoms with Gasteiger partial charge in [-0.2, -0.15) is 0 Å². The highest BCUT2D eigenvalue weighted by Crippen LogP contribution is 2.22. The zero-order valence-corrected chi connectivity index (χ0v) is 10.0. The van der Waals surface area contributed by atoms with E-state index >= 15 is 0 Å². The monoisotopic (exact) mass is 207 g/mol. The van der Waals surface area contributed by atoms with Crippen LogP contribution in [-0.4, -0.2) is 12.1 Å². The fourth-order valence-electron chi connectivity index (χ4n) is 1.65. The van der Waals surface area contributed by atoms with Crippen molar-refractivity contribution in [3.8, 4) is 0 Å². The molecular formula is C13H21NO. The van der Waals surface area contributed by atoms with Gasteiger partial charge in [0.25, 0.3) is 0 Å². The minimum atomic E-state index is -0.00935. The summed E-state index contributed by atoms with van der Waals surface area (Å²) < 4.78 is 5.83. The molecule has 0 spiro atoms. The smallest absolute Gasteiger partial charge is 0.0976 e. The Morgan fingerprint density at radius 3 is 2.33 bits per heavy atom. The molecular weight excluding hydrogens is 186 g/mol. The van der Waals surface area contributed by atoms with Crippen molar-refractivity contribution >= 4 is 0 Å². The van der Waals surface area contributed by atoms with Crippen molar-refractivity contribution < 1.29 is 4.74 Å². The lowest BCUT2D eigenvalue weighted by molar-refractivity contribution is -0.00514. The van der Waals surface area contributed by atoms with E-state index in [9.17, 15) is 0 Å². The molecule has 0 aliphatic rings. The third-order valence-electron chi connectivity index (χ3n) is 2.27. The molecule has 2 nitrogen and oxygen atoms in total. The van der Waals surface area contributed by atoms with Gasteiger partial charge in [-0.1, -0.05) is 29.8 Å². The van der Waals surface area contributed by atoms with Crippen molar-refractivity contribution in [2.24, 2.45) is 5.73 Å². The first-order valence-corrected chi connectivity index (χ1v) is 5.48. The van der Waals surface area contributed by atoms with Gasteiger partial charge in [-0.3, -0.25) is 0 Å². The Morgan fingerprint density at radius 1 is 1.20 bits per heavy atom. The first-order chi connectivity index (χ1) is 7.00. The minimum absolute atomic E-state index is 0.00852. The van der Waals surface area contributed by atoms with Gasteiger partial charge < -0.3 is 10.5 Å². The van der Waals surface area contributed by atoms with E-state index in [0.717, 1.165) is 0 Å². The normalized spacial score (nSPS) is 15.3. The summed E-state index contributed by atoms with van der Waals surface area (Å²) in [6, 6.07) is 8.34. The maximum atomic E-state index is 5.94. The molecule has 2 atom stereocenters. The second-order valence-electron chi connectivity index (χ2n) is 4.38. The van der Waals surface area contributed by atoms with E-state index in [2.05, 4.69) is 25.1 Å². The largest absolute Gasteiger partial charge is 0.369 e. The van der Waals surface area contributed by atoms with Crippen molar-refractivity contribution in [2.45, 2.75) is 45.9 Å². The molecule has 84 valence electrons. The molecule has 0 bridgehead atoms. The lowest BCUT2D eigenvalue weighted by atomic mass is 10.0. The van der Waals surface area contributed by atoms with Crippen molar-refractivity contribution in [1.29, 1.82) is 0 Å². The molecule has 2 heteroatoms. The van der Waals surface area contributed by atoms with E-state index in [1.165, 1.54) is 11.1 Å². The Balaban J connectivity index is 2.88. The lowest BCUT2D eigenvalue weighted by Crippen LogP contribution is -2.28. The van der Waals surface area contributed by atoms with Crippen molar-refractivity contribution in [3.63, 3.8) is 0 Å². The number of aryl methyl sites for hydroxylation is 1. The van der Waals surface area contributed by atoms with Crippen molar-refractivity contribution in [3.05, 3.63) is 35.4 Å². The zero-order valence-electron chi connectivity index (χ0n) is 10.0. The van der Waals surface area contributed by atoms with E-state index in [4.69, 9.17) is 10.5 Å². The summed E-state index contributed by atoms with van der Waals surface area (Å²) in [5.74, 6) is 0. The summed E-state index contributed by atoms with van der Waals surface area (Å²) in [7, 11) is 0. The molecule has 0 aromatic heterocycles. The summed E-state index contributed by atoms with van der Waals surface area (Å²) in [4.78, 5) is 0. The van der Waals surface area contributed by atoms with Crippen molar-refractivity contribution in [2.75, 3.05) is 0 Å². The fourth-order valence-corrected chi connectivity index (χ4v) is 1.65. The van der Waals surface area contributed by atoms with Gasteiger partial charge >= 0.3 is 0 Å². The van der Waals surface area contributed by atoms with Crippen molar-refractivity contribution in [1.82, 2.24) is 0 Å². The fraction of sp³-hybridized carbons (Fsp3) is 0.538. The van der Waals surface area contributed by atoms with Crippen LogP contribution in [0.5, 0.6) is 0 Å². The van der Waals surface area contributed by atoms with Crippen LogP contribution in [0.2, 0.25) is 0 Å². The summed E-state index contributed by atoms with van der Waals surface area (Å²) in [6.07, 6.45) is 0.186. The van der Waals surface area contributed by atoms with E-state index < -0.39 is 0 Å². The Hall–Kier alpha value is -0.860. The van der Waals surface area contributed by atoms with Crippen LogP contribution in [0.3, 0.4) is 0 Å². The van der Waals surface area contributed by atoms with Crippen LogP contribution >= 0.6 is 0 Å². The van der Waals surface area contributed by atoms with Gasteiger partial charge in [0.15, 0.2) is 0 Å². The van der Waals surface area contributed by atoms with Gasteiger partial charge in [0.05, 0.1) is 12.2 Å². The maximum absolute atomic E-state index is 5.94. The molecule has 2 N–H and O–H groups in total. The molecule has 0 saturated carbocycles. The quantitative estimate of drug-likeness (QED) is 0.824. The van der Waals surface area contributed by atoms with Crippen LogP contribution < -0.4 is 5.73 Å². The summed E-state index contributed by atoms with van der Waals surface area (Å²) >= 11 is 0. The Labute approximate surface area is 92.4 Å². The van der Waals surface area contributed by atoms with Gasteiger partial charge in [0.1, 0.15) is 0 Å². The Morgan fingerprint density at radius 2 is 1.87 bits per heavy atom. The minimum Gasteiger partial charge on any atom is -0.369 e. The summed E-state index contributed by atoms with van der Waals surface area (Å²) in [6.45, 7) is 8.13. The maximum Gasteiger partial charge on any atom is 0.0976 e. The number of ether oxygens (including phenoxy) is 1. The predicted molar refractivity (Wildman–Crippen MR) is 63.8 cm³/mol. The highest BCUT2D eigenvalue weighted by atomic mass is 16.5. The van der Waals surface area contributed by atoms with Crippen LogP contribution in [0.1, 0.15) is 38.0 Å². The van der Waals surface area contributed by atoms with Crippen LogP contribution in [0.4, 0.5) is 0 Å². The first-order valence-electron chi connectivity index (χ1n) is 5.48. The highest BCUT2D eigenvalue weighted by molar-refractivity contribution is 5.25. The molecule has 0 heterocycles. The molecule has 1 aromatic rings. The van der Waals surface area contributed by atoms with Gasteiger partial charge in [-0.15, -0.1) is 0 Å². The molecule has 0 fully saturated rings. The number of rotatable bonds is 4. The molecule has 0 aliphatic carbocycles. The van der Waals surface area contributed by atoms with Gasteiger partial charge in [0.2, 0.25) is 0 Å². The Kier molecular flexibility index (Phi) is 4.30. The molecule has 0 saturated heterocycles. The average molecular weight is 207 g/mol. The molecule has 15 heavy (non-hydrogen) atoms. The second kappa shape index (κ2) is 5.29. The summed E-state index contributed by atoms with van der Waals surface area (Å²) in [5.41, 5.74) is 8.35. The zero-order chi connectivity index (χ0) is 11.4. The topological polar surface area (TPSA) is 35.2 Å². The van der Waals surface area contributed by atoms with Crippen LogP contribution in [0.25, 0.3) is 0 Å². The second-order valence-corrected chi connectivity index (χ2v) is 4.38. The van der Waals surface area contributed by atoms with Gasteiger partial charge in [-0.05, 0) is 33.3 Å². The Bertz CT molecular complexity index is 307. The highest BCUT2D eigenvalue weighted by Gasteiger charge is 2.18. The molecule has 0 aliphatic heterocycles. The number of nitrogens with two attached hydrogens (primary N) is 1. The SMILES string of the molecule is Cc1cccc(C(OC(C)C)C(C)N)c1. The van der Waals surface area contributed by atoms with E-state index in [1.54, 1.807) is 0 Å². The average Bonchev–Trinajstić information content (AvgIpc) is 2.13. The molecule has 1 rings (SSSR count). The summed E-state index contributed by atoms with van der Waals surface area (Å²) in [5, 5.41) is 0. The van der Waals surface area contributed by atoms with Crippen LogP contribution in [0, 0.1) is 6.92 Å². The third kappa shape index (κ3) is 3.65. The standard InChI is InChI=1S/C13H21NO/c1-9(2)15-13(11(4)14)12-7-5-6-10(3)8-12/h5-9,11,13H,14H2,1-4H3. The van der Waals surface area contributed by atoms with Crippen LogP contribution in [-0.2, 0) is 4.74 Å². The van der Waals surface area contributed by atoms with Gasteiger partial charge in [0, 0.05) is 6.04 Å². The first kappa shape index (κ1) is 12.2. The lowest BCUT2D eigenvalue weighted by Gasteiger charge is -2.24. The predicted octanol–water partition coefficient (Wildman–Crippen LogP) is 2.81. The molecule has 1 aromatic carbocycles. The molecule has 0 radical (unpaired) electrons.